The third kappa shape index (κ3) is 3.23. The first-order valence-electron chi connectivity index (χ1n) is 7.92. The van der Waals surface area contributed by atoms with E-state index in [1.54, 1.807) is 26.0 Å². The molecule has 1 aliphatic heterocycles. The van der Waals surface area contributed by atoms with Gasteiger partial charge in [-0.3, -0.25) is 0 Å². The second-order valence-electron chi connectivity index (χ2n) is 5.58. The number of carbonyl (C=O) groups is 1. The topological polar surface area (TPSA) is 125 Å². The second-order valence-corrected chi connectivity index (χ2v) is 5.99. The Kier molecular flexibility index (Phi) is 4.85. The van der Waals surface area contributed by atoms with Gasteiger partial charge in [-0.1, -0.05) is 29.8 Å². The Labute approximate surface area is 155 Å². The number of anilines is 3. The van der Waals surface area contributed by atoms with Gasteiger partial charge >= 0.3 is 6.16 Å². The molecule has 2 heterocycles. The Morgan fingerprint density at radius 2 is 2.04 bits per heavy atom. The van der Waals surface area contributed by atoms with E-state index < -0.39 is 12.1 Å². The monoisotopic (exact) mass is 375 g/mol. The van der Waals surface area contributed by atoms with E-state index in [-0.39, 0.29) is 18.4 Å². The van der Waals surface area contributed by atoms with Gasteiger partial charge in [-0.2, -0.15) is 9.97 Å². The van der Waals surface area contributed by atoms with Crippen LogP contribution in [0, 0.1) is 0 Å². The molecule has 1 unspecified atom stereocenters. The number of halogens is 1. The molecule has 1 aromatic carbocycles. The molecule has 2 aromatic rings. The molecule has 1 aliphatic rings. The summed E-state index contributed by atoms with van der Waals surface area (Å²) in [6, 6.07) is 7.19. The molecule has 9 heteroatoms. The minimum Gasteiger partial charge on any atom is -0.434 e. The number of benzene rings is 1. The number of fused-ring (bicyclic) bond motifs is 1. The number of rotatable bonds is 3. The fourth-order valence-corrected chi connectivity index (χ4v) is 3.09. The molecule has 136 valence electrons. The van der Waals surface area contributed by atoms with Crippen molar-refractivity contribution in [3.8, 4) is 0 Å². The predicted molar refractivity (Wildman–Crippen MR) is 98.6 cm³/mol. The summed E-state index contributed by atoms with van der Waals surface area (Å²) in [6.45, 7) is 3.63. The van der Waals surface area contributed by atoms with Crippen molar-refractivity contribution in [2.24, 2.45) is 0 Å². The Balaban J connectivity index is 2.19. The molecule has 3 rings (SSSR count). The second kappa shape index (κ2) is 7.09. The van der Waals surface area contributed by atoms with E-state index in [0.29, 0.717) is 33.4 Å². The Bertz CT molecular complexity index is 900. The van der Waals surface area contributed by atoms with Crippen molar-refractivity contribution in [3.63, 3.8) is 0 Å². The zero-order chi connectivity index (χ0) is 18.8. The van der Waals surface area contributed by atoms with Crippen molar-refractivity contribution in [2.75, 3.05) is 23.4 Å². The zero-order valence-electron chi connectivity index (χ0n) is 14.2. The van der Waals surface area contributed by atoms with E-state index >= 15 is 0 Å². The lowest BCUT2D eigenvalue weighted by Gasteiger charge is -2.30. The van der Waals surface area contributed by atoms with Gasteiger partial charge in [0, 0.05) is 5.02 Å². The number of carbonyl (C=O) groups excluding carboxylic acids is 1. The van der Waals surface area contributed by atoms with Crippen LogP contribution < -0.4 is 16.8 Å². The lowest BCUT2D eigenvalue weighted by Crippen LogP contribution is -2.25. The van der Waals surface area contributed by atoms with Crippen molar-refractivity contribution in [3.05, 3.63) is 51.9 Å². The molecule has 0 aliphatic carbocycles. The maximum atomic E-state index is 11.9. The third-order valence-corrected chi connectivity index (χ3v) is 4.23. The summed E-state index contributed by atoms with van der Waals surface area (Å²) in [5.74, 6) is 0.360. The number of hydrogen-bond acceptors (Lipinski definition) is 8. The summed E-state index contributed by atoms with van der Waals surface area (Å²) in [6.07, 6.45) is -0.820. The number of allylic oxidation sites excluding steroid dienone is 2. The van der Waals surface area contributed by atoms with Gasteiger partial charge in [-0.05, 0) is 25.5 Å². The molecule has 1 aromatic heterocycles. The maximum Gasteiger partial charge on any atom is 0.513 e. The first kappa shape index (κ1) is 17.8. The van der Waals surface area contributed by atoms with Crippen molar-refractivity contribution < 1.29 is 14.3 Å². The highest BCUT2D eigenvalue weighted by molar-refractivity contribution is 6.31. The molecule has 0 saturated carbocycles. The van der Waals surface area contributed by atoms with Crippen molar-refractivity contribution in [2.45, 2.75) is 19.8 Å². The van der Waals surface area contributed by atoms with Gasteiger partial charge in [0.2, 0.25) is 5.95 Å². The molecule has 0 amide bonds. The van der Waals surface area contributed by atoms with Gasteiger partial charge in [0.1, 0.15) is 17.4 Å². The largest absolute Gasteiger partial charge is 0.513 e. The van der Waals surface area contributed by atoms with Gasteiger partial charge in [0.15, 0.2) is 0 Å². The van der Waals surface area contributed by atoms with Gasteiger partial charge < -0.3 is 26.3 Å². The van der Waals surface area contributed by atoms with E-state index in [0.717, 1.165) is 0 Å². The van der Waals surface area contributed by atoms with Crippen LogP contribution >= 0.6 is 11.6 Å². The van der Waals surface area contributed by atoms with Crippen LogP contribution in [0.5, 0.6) is 0 Å². The van der Waals surface area contributed by atoms with Gasteiger partial charge in [0.05, 0.1) is 23.8 Å². The number of ether oxygens (including phenoxy) is 2. The smallest absolute Gasteiger partial charge is 0.434 e. The number of hydrogen-bond donors (Lipinski definition) is 3. The van der Waals surface area contributed by atoms with E-state index in [1.807, 2.05) is 12.1 Å². The number of nitrogens with zero attached hydrogens (tertiary/aromatic N) is 2. The Hall–Kier alpha value is -3.00. The highest BCUT2D eigenvalue weighted by Crippen LogP contribution is 2.45. The predicted octanol–water partition coefficient (Wildman–Crippen LogP) is 3.26. The fourth-order valence-electron chi connectivity index (χ4n) is 2.85. The van der Waals surface area contributed by atoms with Crippen LogP contribution in [0.2, 0.25) is 5.02 Å². The number of nitrogens with two attached hydrogens (primary N) is 2. The number of aromatic nitrogens is 2. The first-order valence-corrected chi connectivity index (χ1v) is 8.29. The molecule has 0 bridgehead atoms. The van der Waals surface area contributed by atoms with Crippen LogP contribution in [0.15, 0.2) is 35.7 Å². The quantitative estimate of drug-likeness (QED) is 0.698. The maximum absolute atomic E-state index is 11.9. The van der Waals surface area contributed by atoms with Crippen LogP contribution in [-0.4, -0.2) is 22.7 Å². The van der Waals surface area contributed by atoms with Crippen LogP contribution in [0.4, 0.5) is 22.4 Å². The Morgan fingerprint density at radius 3 is 2.73 bits per heavy atom. The van der Waals surface area contributed by atoms with Gasteiger partial charge in [0.25, 0.3) is 0 Å². The first-order chi connectivity index (χ1) is 12.4. The molecule has 0 spiro atoms. The molecule has 0 fully saturated rings. The summed E-state index contributed by atoms with van der Waals surface area (Å²) in [5, 5.41) is 3.54. The van der Waals surface area contributed by atoms with E-state index in [4.69, 9.17) is 32.5 Å². The lowest BCUT2D eigenvalue weighted by molar-refractivity contribution is 0.0778. The minimum atomic E-state index is -0.820. The summed E-state index contributed by atoms with van der Waals surface area (Å²) in [7, 11) is 0. The number of nitrogens with one attached hydrogen (secondary N) is 1. The third-order valence-electron chi connectivity index (χ3n) is 3.89. The standard InChI is InChI=1S/C17H18ClN5O3/c1-3-25-17(24)26-13-8(2)21-15-12(14(19)22-16(20)23-15)11(13)9-6-4-5-7-10(9)18/h4-7,11H,3H2,1-2H3,(H5,19,20,21,22,23). The Morgan fingerprint density at radius 1 is 1.31 bits per heavy atom. The highest BCUT2D eigenvalue weighted by Gasteiger charge is 2.36. The molecular weight excluding hydrogens is 358 g/mol. The zero-order valence-corrected chi connectivity index (χ0v) is 15.0. The molecule has 0 radical (unpaired) electrons. The van der Waals surface area contributed by atoms with Crippen LogP contribution in [0.3, 0.4) is 0 Å². The fraction of sp³-hybridized carbons (Fsp3) is 0.235. The highest BCUT2D eigenvalue weighted by atomic mass is 35.5. The van der Waals surface area contributed by atoms with E-state index in [1.165, 1.54) is 0 Å². The van der Waals surface area contributed by atoms with Crippen molar-refractivity contribution in [1.82, 2.24) is 9.97 Å². The minimum absolute atomic E-state index is 0.0363. The number of nitrogen functional groups attached to an aromatic ring is 2. The SMILES string of the molecule is CCOC(=O)OC1=C(C)Nc2nc(N)nc(N)c2C1c1ccccc1Cl. The van der Waals surface area contributed by atoms with Crippen molar-refractivity contribution >= 4 is 35.3 Å². The molecule has 1 atom stereocenters. The average molecular weight is 376 g/mol. The molecule has 5 N–H and O–H groups in total. The molecule has 0 saturated heterocycles. The van der Waals surface area contributed by atoms with Crippen LogP contribution in [0.1, 0.15) is 30.9 Å². The van der Waals surface area contributed by atoms with Gasteiger partial charge in [-0.25, -0.2) is 4.79 Å². The molecule has 8 nitrogen and oxygen atoms in total. The van der Waals surface area contributed by atoms with Crippen LogP contribution in [0.25, 0.3) is 0 Å². The molecular formula is C17H18ClN5O3. The normalized spacial score (nSPS) is 15.9. The van der Waals surface area contributed by atoms with Crippen molar-refractivity contribution in [1.29, 1.82) is 0 Å². The summed E-state index contributed by atoms with van der Waals surface area (Å²) >= 11 is 6.40. The van der Waals surface area contributed by atoms with Crippen LogP contribution in [-0.2, 0) is 9.47 Å². The average Bonchev–Trinajstić information content (AvgIpc) is 2.56. The summed E-state index contributed by atoms with van der Waals surface area (Å²) < 4.78 is 10.4. The molecule has 26 heavy (non-hydrogen) atoms. The van der Waals surface area contributed by atoms with Gasteiger partial charge in [-0.15, -0.1) is 0 Å². The van der Waals surface area contributed by atoms with E-state index in [2.05, 4.69) is 15.3 Å². The lowest BCUT2D eigenvalue weighted by atomic mass is 9.87. The summed E-state index contributed by atoms with van der Waals surface area (Å²) in [5.41, 5.74) is 13.6. The summed E-state index contributed by atoms with van der Waals surface area (Å²) in [4.78, 5) is 20.2. The van der Waals surface area contributed by atoms with E-state index in [9.17, 15) is 4.79 Å².